The molecule has 2 aromatic carbocycles. The lowest BCUT2D eigenvalue weighted by Gasteiger charge is -2.28. The quantitative estimate of drug-likeness (QED) is 0.795. The molecule has 23 heavy (non-hydrogen) atoms. The van der Waals surface area contributed by atoms with Crippen LogP contribution < -0.4 is 21.3 Å². The fourth-order valence-corrected chi connectivity index (χ4v) is 3.11. The number of methoxy groups -OCH3 is 1. The van der Waals surface area contributed by atoms with Gasteiger partial charge in [0.25, 0.3) is 0 Å². The number of nitrogens with two attached hydrogens (primary N) is 1. The molecule has 0 aliphatic carbocycles. The van der Waals surface area contributed by atoms with E-state index in [0.717, 1.165) is 29.0 Å². The Morgan fingerprint density at radius 2 is 1.87 bits per heavy atom. The molecule has 3 rings (SSSR count). The summed E-state index contributed by atoms with van der Waals surface area (Å²) in [6.45, 7) is 2.12. The Kier molecular flexibility index (Phi) is 4.37. The zero-order valence-electron chi connectivity index (χ0n) is 13.6. The number of allylic oxidation sites excluding steroid dienone is 1. The molecule has 0 bridgehead atoms. The van der Waals surface area contributed by atoms with Gasteiger partial charge in [0, 0.05) is 17.7 Å². The van der Waals surface area contributed by atoms with E-state index in [1.807, 2.05) is 36.4 Å². The summed E-state index contributed by atoms with van der Waals surface area (Å²) in [7, 11) is 1.68. The molecule has 1 atom stereocenters. The van der Waals surface area contributed by atoms with Crippen LogP contribution in [0.5, 0.6) is 5.75 Å². The normalized spacial score (nSPS) is 20.5. The lowest BCUT2D eigenvalue weighted by molar-refractivity contribution is 0.412. The number of ether oxygens (including phenoxy) is 1. The first-order valence-corrected chi connectivity index (χ1v) is 7.90. The standard InChI is InChI=1S/C19H23N3O/c1-3-17-18(15-10-7-11-16(12-15)23-2)19(20,22-21-17)13-14-8-5-4-6-9-14/h4-12,21-22H,3,13,20H2,1-2H3/t19-/m1/s1. The summed E-state index contributed by atoms with van der Waals surface area (Å²) >= 11 is 0. The Balaban J connectivity index is 2.01. The number of hydrazine groups is 1. The second-order valence-electron chi connectivity index (χ2n) is 5.82. The minimum Gasteiger partial charge on any atom is -0.497 e. The van der Waals surface area contributed by atoms with Gasteiger partial charge in [-0.15, -0.1) is 0 Å². The van der Waals surface area contributed by atoms with Crippen LogP contribution in [0.2, 0.25) is 0 Å². The van der Waals surface area contributed by atoms with E-state index in [0.29, 0.717) is 6.42 Å². The summed E-state index contributed by atoms with van der Waals surface area (Å²) in [5.74, 6) is 0.833. The average molecular weight is 309 g/mol. The molecule has 0 aromatic heterocycles. The molecule has 120 valence electrons. The number of benzene rings is 2. The molecule has 0 saturated carbocycles. The van der Waals surface area contributed by atoms with Gasteiger partial charge < -0.3 is 15.9 Å². The molecule has 4 nitrogen and oxygen atoms in total. The van der Waals surface area contributed by atoms with E-state index in [-0.39, 0.29) is 0 Å². The largest absolute Gasteiger partial charge is 0.497 e. The molecule has 0 amide bonds. The van der Waals surface area contributed by atoms with Gasteiger partial charge in [-0.05, 0) is 29.7 Å². The number of hydrogen-bond donors (Lipinski definition) is 3. The van der Waals surface area contributed by atoms with E-state index < -0.39 is 5.66 Å². The van der Waals surface area contributed by atoms with Crippen molar-refractivity contribution in [3.63, 3.8) is 0 Å². The lowest BCUT2D eigenvalue weighted by Crippen LogP contribution is -2.55. The summed E-state index contributed by atoms with van der Waals surface area (Å²) in [6, 6.07) is 18.3. The predicted octanol–water partition coefficient (Wildman–Crippen LogP) is 2.82. The molecule has 0 saturated heterocycles. The summed E-state index contributed by atoms with van der Waals surface area (Å²) in [5, 5.41) is 0. The van der Waals surface area contributed by atoms with Gasteiger partial charge >= 0.3 is 0 Å². The van der Waals surface area contributed by atoms with Crippen LogP contribution in [0.4, 0.5) is 0 Å². The summed E-state index contributed by atoms with van der Waals surface area (Å²) < 4.78 is 5.37. The highest BCUT2D eigenvalue weighted by atomic mass is 16.5. The molecule has 0 spiro atoms. The molecule has 0 fully saturated rings. The van der Waals surface area contributed by atoms with Gasteiger partial charge in [-0.3, -0.25) is 0 Å². The molecule has 1 aliphatic rings. The Morgan fingerprint density at radius 3 is 2.57 bits per heavy atom. The van der Waals surface area contributed by atoms with Crippen molar-refractivity contribution in [2.45, 2.75) is 25.4 Å². The minimum atomic E-state index is -0.654. The van der Waals surface area contributed by atoms with E-state index in [2.05, 4.69) is 36.0 Å². The molecule has 1 aliphatic heterocycles. The molecule has 0 unspecified atom stereocenters. The molecular formula is C19H23N3O. The van der Waals surface area contributed by atoms with Crippen molar-refractivity contribution < 1.29 is 4.74 Å². The Labute approximate surface area is 137 Å². The molecule has 0 radical (unpaired) electrons. The first-order valence-electron chi connectivity index (χ1n) is 7.90. The highest BCUT2D eigenvalue weighted by Gasteiger charge is 2.37. The van der Waals surface area contributed by atoms with Crippen molar-refractivity contribution in [3.8, 4) is 5.75 Å². The van der Waals surface area contributed by atoms with Crippen molar-refractivity contribution in [1.82, 2.24) is 10.9 Å². The fraction of sp³-hybridized carbons (Fsp3) is 0.263. The predicted molar refractivity (Wildman–Crippen MR) is 93.5 cm³/mol. The van der Waals surface area contributed by atoms with E-state index in [4.69, 9.17) is 10.5 Å². The zero-order valence-corrected chi connectivity index (χ0v) is 13.6. The second-order valence-corrected chi connectivity index (χ2v) is 5.82. The maximum absolute atomic E-state index is 6.75. The van der Waals surface area contributed by atoms with Crippen LogP contribution in [-0.2, 0) is 6.42 Å². The fourth-order valence-electron chi connectivity index (χ4n) is 3.11. The van der Waals surface area contributed by atoms with E-state index in [9.17, 15) is 0 Å². The molecule has 1 heterocycles. The Bertz CT molecular complexity index is 712. The molecule has 4 heteroatoms. The summed E-state index contributed by atoms with van der Waals surface area (Å²) in [6.07, 6.45) is 1.59. The van der Waals surface area contributed by atoms with Gasteiger partial charge in [-0.25, -0.2) is 5.43 Å². The van der Waals surface area contributed by atoms with Crippen LogP contribution in [0.25, 0.3) is 5.57 Å². The monoisotopic (exact) mass is 309 g/mol. The van der Waals surface area contributed by atoms with Crippen LogP contribution in [0.3, 0.4) is 0 Å². The van der Waals surface area contributed by atoms with Crippen molar-refractivity contribution in [1.29, 1.82) is 0 Å². The maximum atomic E-state index is 6.75. The lowest BCUT2D eigenvalue weighted by atomic mass is 9.87. The van der Waals surface area contributed by atoms with Gasteiger partial charge in [0.1, 0.15) is 11.4 Å². The molecule has 2 aromatic rings. The smallest absolute Gasteiger partial charge is 0.119 e. The Hall–Kier alpha value is -2.30. The number of rotatable bonds is 5. The third kappa shape index (κ3) is 3.09. The highest BCUT2D eigenvalue weighted by molar-refractivity contribution is 5.78. The Morgan fingerprint density at radius 1 is 1.09 bits per heavy atom. The minimum absolute atomic E-state index is 0.654. The van der Waals surface area contributed by atoms with E-state index in [1.54, 1.807) is 7.11 Å². The van der Waals surface area contributed by atoms with E-state index >= 15 is 0 Å². The number of hydrogen-bond acceptors (Lipinski definition) is 4. The van der Waals surface area contributed by atoms with Crippen molar-refractivity contribution in [3.05, 3.63) is 71.4 Å². The van der Waals surface area contributed by atoms with Gasteiger partial charge in [0.2, 0.25) is 0 Å². The summed E-state index contributed by atoms with van der Waals surface area (Å²) in [4.78, 5) is 0. The first-order chi connectivity index (χ1) is 11.2. The average Bonchev–Trinajstić information content (AvgIpc) is 2.92. The first kappa shape index (κ1) is 15.6. The van der Waals surface area contributed by atoms with Gasteiger partial charge in [-0.2, -0.15) is 0 Å². The van der Waals surface area contributed by atoms with Crippen molar-refractivity contribution in [2.24, 2.45) is 5.73 Å². The molecule has 4 N–H and O–H groups in total. The maximum Gasteiger partial charge on any atom is 0.119 e. The van der Waals surface area contributed by atoms with Crippen LogP contribution in [0, 0.1) is 0 Å². The van der Waals surface area contributed by atoms with Gasteiger partial charge in [-0.1, -0.05) is 49.4 Å². The zero-order chi connectivity index (χ0) is 16.3. The number of nitrogens with one attached hydrogen (secondary N) is 2. The van der Waals surface area contributed by atoms with Crippen molar-refractivity contribution >= 4 is 5.57 Å². The van der Waals surface area contributed by atoms with Crippen LogP contribution >= 0.6 is 0 Å². The topological polar surface area (TPSA) is 59.3 Å². The second kappa shape index (κ2) is 6.44. The third-order valence-corrected chi connectivity index (χ3v) is 4.22. The van der Waals surface area contributed by atoms with Crippen LogP contribution in [0.15, 0.2) is 60.3 Å². The third-order valence-electron chi connectivity index (χ3n) is 4.22. The molecular weight excluding hydrogens is 286 g/mol. The van der Waals surface area contributed by atoms with E-state index in [1.165, 1.54) is 5.56 Å². The SMILES string of the molecule is CCC1=C(c2cccc(OC)c2)[C@@](N)(Cc2ccccc2)NN1. The van der Waals surface area contributed by atoms with Gasteiger partial charge in [0.15, 0.2) is 0 Å². The van der Waals surface area contributed by atoms with Gasteiger partial charge in [0.05, 0.1) is 7.11 Å². The van der Waals surface area contributed by atoms with Crippen molar-refractivity contribution in [2.75, 3.05) is 7.11 Å². The highest BCUT2D eigenvalue weighted by Crippen LogP contribution is 2.34. The van der Waals surface area contributed by atoms with Crippen LogP contribution in [0.1, 0.15) is 24.5 Å². The van der Waals surface area contributed by atoms with Crippen LogP contribution in [-0.4, -0.2) is 12.8 Å². The summed E-state index contributed by atoms with van der Waals surface area (Å²) in [5.41, 5.74) is 17.1.